The molecule has 2 aliphatic heterocycles. The van der Waals surface area contributed by atoms with E-state index in [0.29, 0.717) is 31.9 Å². The van der Waals surface area contributed by atoms with Gasteiger partial charge in [-0.25, -0.2) is 13.1 Å². The largest absolute Gasteiger partial charge is 0.490 e. The SMILES string of the molecule is CC1(C)C/C=C/C(O)[C@@H]2CC[C@H]2CN2C[C@@]3(CCCc4cc(Cl)ccc43)COc3ccc(cc32)C(=O)NS(=O)(=O)C1. The van der Waals surface area contributed by atoms with Crippen LogP contribution in [0.15, 0.2) is 48.6 Å². The van der Waals surface area contributed by atoms with Crippen molar-refractivity contribution in [3.63, 3.8) is 0 Å². The van der Waals surface area contributed by atoms with Crippen LogP contribution in [0.25, 0.3) is 0 Å². The average molecular weight is 599 g/mol. The Kier molecular flexibility index (Phi) is 7.40. The number of nitrogens with zero attached hydrogens (tertiary/aromatic N) is 1. The first kappa shape index (κ1) is 28.6. The first-order valence-electron chi connectivity index (χ1n) is 14.6. The molecule has 2 aliphatic carbocycles. The molecule has 41 heavy (non-hydrogen) atoms. The third-order valence-corrected chi connectivity index (χ3v) is 11.4. The number of aliphatic hydroxyl groups is 1. The summed E-state index contributed by atoms with van der Waals surface area (Å²) < 4.78 is 34.8. The molecule has 2 aromatic rings. The summed E-state index contributed by atoms with van der Waals surface area (Å²) in [6.45, 7) is 5.62. The minimum absolute atomic E-state index is 0.124. The van der Waals surface area contributed by atoms with E-state index in [1.165, 1.54) is 11.1 Å². The van der Waals surface area contributed by atoms with E-state index in [0.717, 1.165) is 42.8 Å². The summed E-state index contributed by atoms with van der Waals surface area (Å²) in [5.41, 5.74) is 2.72. The predicted molar refractivity (Wildman–Crippen MR) is 161 cm³/mol. The molecule has 7 nitrogen and oxygen atoms in total. The lowest BCUT2D eigenvalue weighted by Gasteiger charge is -2.45. The number of fused-ring (bicyclic) bond motifs is 4. The third kappa shape index (κ3) is 5.75. The van der Waals surface area contributed by atoms with Crippen molar-refractivity contribution in [1.29, 1.82) is 0 Å². The lowest BCUT2D eigenvalue weighted by molar-refractivity contribution is 0.0455. The Labute approximate surface area is 248 Å². The predicted octanol–water partition coefficient (Wildman–Crippen LogP) is 5.25. The van der Waals surface area contributed by atoms with E-state index in [1.807, 2.05) is 32.1 Å². The van der Waals surface area contributed by atoms with Gasteiger partial charge in [0.05, 0.1) is 24.2 Å². The number of nitrogens with one attached hydrogen (secondary N) is 1. The standard InChI is InChI=1S/C32H39ClN2O5S/c1-31(2)13-4-6-28(36)25-10-7-23(25)17-35-18-32(14-3-5-21-15-24(33)9-11-26(21)32)19-40-29-12-8-22(16-27(29)35)30(37)34-41(38,39)20-31/h4,6,8-9,11-12,15-16,23,25,28,36H,3,5,7,10,13-14,17-20H2,1-2H3,(H,34,37)/b6-4+/t23-,25+,28?,32-/m0/s1. The zero-order valence-electron chi connectivity index (χ0n) is 23.7. The van der Waals surface area contributed by atoms with Crippen LogP contribution < -0.4 is 14.4 Å². The molecular weight excluding hydrogens is 560 g/mol. The zero-order chi connectivity index (χ0) is 29.0. The maximum absolute atomic E-state index is 13.3. The van der Waals surface area contributed by atoms with Gasteiger partial charge in [-0.1, -0.05) is 43.7 Å². The van der Waals surface area contributed by atoms with Gasteiger partial charge in [0.1, 0.15) is 5.75 Å². The Balaban J connectivity index is 1.42. The number of hydrogen-bond acceptors (Lipinski definition) is 6. The van der Waals surface area contributed by atoms with Crippen molar-refractivity contribution in [2.75, 3.05) is 30.3 Å². The van der Waals surface area contributed by atoms with Crippen molar-refractivity contribution < 1.29 is 23.1 Å². The summed E-state index contributed by atoms with van der Waals surface area (Å²) in [5.74, 6) is 0.244. The van der Waals surface area contributed by atoms with Crippen LogP contribution in [0.3, 0.4) is 0 Å². The Morgan fingerprint density at radius 2 is 1.98 bits per heavy atom. The number of rotatable bonds is 0. The molecule has 0 aromatic heterocycles. The van der Waals surface area contributed by atoms with E-state index in [1.54, 1.807) is 18.2 Å². The highest BCUT2D eigenvalue weighted by molar-refractivity contribution is 7.90. The number of halogens is 1. The van der Waals surface area contributed by atoms with Gasteiger partial charge in [-0.3, -0.25) is 4.79 Å². The fourth-order valence-electron chi connectivity index (χ4n) is 7.29. The molecule has 0 radical (unpaired) electrons. The molecular formula is C32H39ClN2O5S. The van der Waals surface area contributed by atoms with Crippen LogP contribution in [0.4, 0.5) is 5.69 Å². The van der Waals surface area contributed by atoms with Gasteiger partial charge in [0.2, 0.25) is 10.0 Å². The Morgan fingerprint density at radius 3 is 2.76 bits per heavy atom. The van der Waals surface area contributed by atoms with Crippen LogP contribution in [0.2, 0.25) is 5.02 Å². The first-order valence-corrected chi connectivity index (χ1v) is 16.7. The van der Waals surface area contributed by atoms with Gasteiger partial charge < -0.3 is 14.7 Å². The maximum atomic E-state index is 13.3. The Hall–Kier alpha value is -2.55. The second-order valence-electron chi connectivity index (χ2n) is 13.3. The average Bonchev–Trinajstić information content (AvgIpc) is 3.02. The van der Waals surface area contributed by atoms with E-state index >= 15 is 0 Å². The second-order valence-corrected chi connectivity index (χ2v) is 15.4. The molecule has 1 unspecified atom stereocenters. The molecule has 2 aromatic carbocycles. The summed E-state index contributed by atoms with van der Waals surface area (Å²) >= 11 is 6.38. The second kappa shape index (κ2) is 10.6. The number of allylic oxidation sites excluding steroid dienone is 1. The number of benzene rings is 2. The molecule has 2 bridgehead atoms. The lowest BCUT2D eigenvalue weighted by Crippen LogP contribution is -2.49. The lowest BCUT2D eigenvalue weighted by atomic mass is 9.68. The highest BCUT2D eigenvalue weighted by Gasteiger charge is 2.44. The van der Waals surface area contributed by atoms with E-state index in [2.05, 4.69) is 21.8 Å². The van der Waals surface area contributed by atoms with Gasteiger partial charge in [-0.2, -0.15) is 0 Å². The summed E-state index contributed by atoms with van der Waals surface area (Å²) in [4.78, 5) is 15.6. The summed E-state index contributed by atoms with van der Waals surface area (Å²) in [7, 11) is -3.89. The Morgan fingerprint density at radius 1 is 1.15 bits per heavy atom. The van der Waals surface area contributed by atoms with E-state index in [-0.39, 0.29) is 28.6 Å². The molecule has 1 saturated carbocycles. The molecule has 0 saturated heterocycles. The molecule has 6 rings (SSSR count). The van der Waals surface area contributed by atoms with E-state index in [4.69, 9.17) is 16.3 Å². The zero-order valence-corrected chi connectivity index (χ0v) is 25.3. The number of ether oxygens (including phenoxy) is 1. The minimum atomic E-state index is -3.89. The van der Waals surface area contributed by atoms with Gasteiger partial charge >= 0.3 is 0 Å². The quantitative estimate of drug-likeness (QED) is 0.402. The number of amides is 1. The van der Waals surface area contributed by atoms with Crippen molar-refractivity contribution in [3.8, 4) is 5.75 Å². The number of carbonyl (C=O) groups is 1. The van der Waals surface area contributed by atoms with Crippen LogP contribution in [0.1, 0.15) is 67.4 Å². The van der Waals surface area contributed by atoms with Crippen LogP contribution in [0.5, 0.6) is 5.75 Å². The van der Waals surface area contributed by atoms with Crippen LogP contribution in [-0.2, 0) is 21.9 Å². The summed E-state index contributed by atoms with van der Waals surface area (Å²) in [5, 5.41) is 11.9. The third-order valence-electron chi connectivity index (χ3n) is 9.50. The molecule has 1 spiro atoms. The van der Waals surface area contributed by atoms with Gasteiger partial charge in [-0.15, -0.1) is 0 Å². The van der Waals surface area contributed by atoms with Crippen molar-refractivity contribution in [3.05, 3.63) is 70.3 Å². The monoisotopic (exact) mass is 598 g/mol. The van der Waals surface area contributed by atoms with Gasteiger partial charge in [0.15, 0.2) is 0 Å². The van der Waals surface area contributed by atoms with Gasteiger partial charge in [-0.05, 0) is 97.2 Å². The highest BCUT2D eigenvalue weighted by Crippen LogP contribution is 2.46. The highest BCUT2D eigenvalue weighted by atomic mass is 35.5. The topological polar surface area (TPSA) is 95.9 Å². The van der Waals surface area contributed by atoms with Crippen molar-refractivity contribution >= 4 is 33.2 Å². The molecule has 9 heteroatoms. The number of hydrogen-bond donors (Lipinski definition) is 2. The van der Waals surface area contributed by atoms with E-state index < -0.39 is 27.4 Å². The first-order chi connectivity index (χ1) is 19.4. The fraction of sp³-hybridized carbons (Fsp3) is 0.531. The van der Waals surface area contributed by atoms with Gasteiger partial charge in [0.25, 0.3) is 5.91 Å². The maximum Gasteiger partial charge on any atom is 0.264 e. The number of sulfonamides is 1. The fourth-order valence-corrected chi connectivity index (χ4v) is 9.10. The van der Waals surface area contributed by atoms with Crippen LogP contribution in [-0.4, -0.2) is 51.0 Å². The summed E-state index contributed by atoms with van der Waals surface area (Å²) in [6.07, 6.45) is 8.54. The molecule has 1 amide bonds. The van der Waals surface area contributed by atoms with Crippen molar-refractivity contribution in [2.45, 2.75) is 63.9 Å². The Bertz CT molecular complexity index is 1490. The normalized spacial score (nSPS) is 31.5. The molecule has 2 heterocycles. The summed E-state index contributed by atoms with van der Waals surface area (Å²) in [6, 6.07) is 11.4. The molecule has 220 valence electrons. The molecule has 1 fully saturated rings. The number of aryl methyl sites for hydroxylation is 1. The van der Waals surface area contributed by atoms with Crippen molar-refractivity contribution in [1.82, 2.24) is 4.72 Å². The van der Waals surface area contributed by atoms with E-state index in [9.17, 15) is 18.3 Å². The molecule has 4 aliphatic rings. The smallest absolute Gasteiger partial charge is 0.264 e. The molecule has 4 atom stereocenters. The van der Waals surface area contributed by atoms with Crippen LogP contribution in [0, 0.1) is 17.3 Å². The van der Waals surface area contributed by atoms with Crippen LogP contribution >= 0.6 is 11.6 Å². The van der Waals surface area contributed by atoms with Crippen molar-refractivity contribution in [2.24, 2.45) is 17.3 Å². The number of carbonyl (C=O) groups excluding carboxylic acids is 1. The number of aliphatic hydroxyl groups excluding tert-OH is 1. The minimum Gasteiger partial charge on any atom is -0.490 e. The van der Waals surface area contributed by atoms with Gasteiger partial charge in [0, 0.05) is 29.1 Å². The number of anilines is 1. The molecule has 2 N–H and O–H groups in total.